The first kappa shape index (κ1) is 8.08. The molecule has 9 heavy (non-hydrogen) atoms. The van der Waals surface area contributed by atoms with Crippen molar-refractivity contribution in [3.05, 3.63) is 36.5 Å². The zero-order valence-corrected chi connectivity index (χ0v) is 5.20. The van der Waals surface area contributed by atoms with Crippen molar-refractivity contribution in [3.63, 3.8) is 0 Å². The molecule has 0 N–H and O–H groups in total. The van der Waals surface area contributed by atoms with Crippen LogP contribution in [0.1, 0.15) is 6.92 Å². The van der Waals surface area contributed by atoms with Gasteiger partial charge in [0.15, 0.2) is 11.7 Å². The Bertz CT molecular complexity index is 154. The van der Waals surface area contributed by atoms with Gasteiger partial charge in [-0.05, 0) is 19.1 Å². The molecule has 0 amide bonds. The molecule has 0 aromatic carbocycles. The maximum absolute atomic E-state index is 12.1. The molecule has 0 saturated heterocycles. The predicted octanol–water partition coefficient (Wildman–Crippen LogP) is 2.90. The number of hydrogen-bond donors (Lipinski definition) is 0. The Labute approximate surface area is 53.2 Å². The molecular weight excluding hydrogens is 122 g/mol. The highest BCUT2D eigenvalue weighted by molar-refractivity contribution is 5.21. The summed E-state index contributed by atoms with van der Waals surface area (Å²) in [5, 5.41) is 0. The lowest BCUT2D eigenvalue weighted by Crippen LogP contribution is -1.69. The monoisotopic (exact) mass is 130 g/mol. The Morgan fingerprint density at radius 1 is 1.33 bits per heavy atom. The van der Waals surface area contributed by atoms with Crippen LogP contribution in [0.4, 0.5) is 8.78 Å². The summed E-state index contributed by atoms with van der Waals surface area (Å²) in [5.74, 6) is -1.81. The van der Waals surface area contributed by atoms with Crippen LogP contribution in [-0.2, 0) is 0 Å². The lowest BCUT2D eigenvalue weighted by atomic mass is 10.4. The SMILES string of the molecule is C=CC(F)=C(F)C=CC. The third-order valence-electron chi connectivity index (χ3n) is 0.720. The van der Waals surface area contributed by atoms with Gasteiger partial charge < -0.3 is 0 Å². The average Bonchev–Trinajstić information content (AvgIpc) is 1.87. The molecule has 0 aliphatic carbocycles. The van der Waals surface area contributed by atoms with E-state index in [-0.39, 0.29) is 0 Å². The van der Waals surface area contributed by atoms with Crippen LogP contribution >= 0.6 is 0 Å². The summed E-state index contributed by atoms with van der Waals surface area (Å²) in [6, 6.07) is 0. The molecule has 0 rings (SSSR count). The molecule has 0 radical (unpaired) electrons. The summed E-state index contributed by atoms with van der Waals surface area (Å²) < 4.78 is 24.2. The van der Waals surface area contributed by atoms with Gasteiger partial charge in [0.05, 0.1) is 0 Å². The molecule has 0 aliphatic heterocycles. The van der Waals surface area contributed by atoms with Crippen molar-refractivity contribution in [3.8, 4) is 0 Å². The zero-order valence-electron chi connectivity index (χ0n) is 5.20. The number of rotatable bonds is 2. The van der Waals surface area contributed by atoms with Crippen LogP contribution in [-0.4, -0.2) is 0 Å². The second-order valence-electron chi connectivity index (χ2n) is 1.40. The van der Waals surface area contributed by atoms with Crippen molar-refractivity contribution >= 4 is 0 Å². The summed E-state index contributed by atoms with van der Waals surface area (Å²) >= 11 is 0. The van der Waals surface area contributed by atoms with Crippen molar-refractivity contribution in [2.45, 2.75) is 6.92 Å². The smallest absolute Gasteiger partial charge is 0.158 e. The van der Waals surface area contributed by atoms with Crippen LogP contribution in [0.25, 0.3) is 0 Å². The van der Waals surface area contributed by atoms with Crippen LogP contribution in [0.2, 0.25) is 0 Å². The van der Waals surface area contributed by atoms with Crippen molar-refractivity contribution < 1.29 is 8.78 Å². The van der Waals surface area contributed by atoms with Gasteiger partial charge in [0.25, 0.3) is 0 Å². The summed E-state index contributed by atoms with van der Waals surface area (Å²) in [4.78, 5) is 0. The fraction of sp³-hybridized carbons (Fsp3) is 0.143. The van der Waals surface area contributed by atoms with Crippen LogP contribution in [0.3, 0.4) is 0 Å². The van der Waals surface area contributed by atoms with Gasteiger partial charge in [-0.1, -0.05) is 12.7 Å². The first-order valence-corrected chi connectivity index (χ1v) is 2.52. The lowest BCUT2D eigenvalue weighted by molar-refractivity contribution is 0.573. The van der Waals surface area contributed by atoms with Crippen molar-refractivity contribution in [2.75, 3.05) is 0 Å². The molecule has 0 fully saturated rings. The molecule has 0 nitrogen and oxygen atoms in total. The number of allylic oxidation sites excluding steroid dienone is 5. The van der Waals surface area contributed by atoms with Crippen LogP contribution in [0.5, 0.6) is 0 Å². The topological polar surface area (TPSA) is 0 Å². The van der Waals surface area contributed by atoms with Crippen molar-refractivity contribution in [1.29, 1.82) is 0 Å². The zero-order chi connectivity index (χ0) is 7.28. The highest BCUT2D eigenvalue weighted by Crippen LogP contribution is 2.09. The van der Waals surface area contributed by atoms with Gasteiger partial charge in [-0.25, -0.2) is 8.78 Å². The standard InChI is InChI=1S/C7H8F2/c1-3-5-7(9)6(8)4-2/h3-5H,2H2,1H3. The van der Waals surface area contributed by atoms with Gasteiger partial charge in [-0.15, -0.1) is 0 Å². The van der Waals surface area contributed by atoms with Crippen LogP contribution < -0.4 is 0 Å². The quantitative estimate of drug-likeness (QED) is 0.504. The van der Waals surface area contributed by atoms with Crippen LogP contribution in [0.15, 0.2) is 36.5 Å². The second kappa shape index (κ2) is 4.01. The van der Waals surface area contributed by atoms with E-state index in [0.29, 0.717) is 0 Å². The number of halogens is 2. The molecule has 0 unspecified atom stereocenters. The van der Waals surface area contributed by atoms with E-state index in [1.165, 1.54) is 6.08 Å². The molecule has 0 aliphatic rings. The van der Waals surface area contributed by atoms with E-state index in [4.69, 9.17) is 0 Å². The van der Waals surface area contributed by atoms with E-state index < -0.39 is 11.7 Å². The minimum Gasteiger partial charge on any atom is -0.204 e. The predicted molar refractivity (Wildman–Crippen MR) is 34.3 cm³/mol. The third kappa shape index (κ3) is 2.80. The molecule has 0 heterocycles. The van der Waals surface area contributed by atoms with Gasteiger partial charge >= 0.3 is 0 Å². The molecule has 0 spiro atoms. The average molecular weight is 130 g/mol. The first-order chi connectivity index (χ1) is 4.22. The summed E-state index contributed by atoms with van der Waals surface area (Å²) in [6.07, 6.45) is 3.28. The summed E-state index contributed by atoms with van der Waals surface area (Å²) in [5.41, 5.74) is 0. The molecule has 2 heteroatoms. The maximum atomic E-state index is 12.1. The van der Waals surface area contributed by atoms with Gasteiger partial charge in [-0.2, -0.15) is 0 Å². The molecular formula is C7H8F2. The van der Waals surface area contributed by atoms with E-state index in [1.807, 2.05) is 0 Å². The van der Waals surface area contributed by atoms with E-state index >= 15 is 0 Å². The fourth-order valence-electron chi connectivity index (χ4n) is 0.323. The highest BCUT2D eigenvalue weighted by Gasteiger charge is 1.94. The lowest BCUT2D eigenvalue weighted by Gasteiger charge is -1.84. The Morgan fingerprint density at radius 3 is 2.22 bits per heavy atom. The molecule has 0 aromatic rings. The van der Waals surface area contributed by atoms with Gasteiger partial charge in [-0.3, -0.25) is 0 Å². The Hall–Kier alpha value is -0.920. The summed E-state index contributed by atoms with van der Waals surface area (Å²) in [7, 11) is 0. The minimum absolute atomic E-state index is 0.829. The van der Waals surface area contributed by atoms with Gasteiger partial charge in [0, 0.05) is 0 Å². The van der Waals surface area contributed by atoms with E-state index in [2.05, 4.69) is 6.58 Å². The first-order valence-electron chi connectivity index (χ1n) is 2.52. The Kier molecular flexibility index (Phi) is 3.60. The molecule has 0 saturated carbocycles. The van der Waals surface area contributed by atoms with Crippen molar-refractivity contribution in [2.24, 2.45) is 0 Å². The van der Waals surface area contributed by atoms with E-state index in [0.717, 1.165) is 12.2 Å². The largest absolute Gasteiger partial charge is 0.204 e. The highest BCUT2D eigenvalue weighted by atomic mass is 19.2. The van der Waals surface area contributed by atoms with Crippen LogP contribution in [0, 0.1) is 0 Å². The Balaban J connectivity index is 4.27. The molecule has 0 bridgehead atoms. The van der Waals surface area contributed by atoms with E-state index in [1.54, 1.807) is 6.92 Å². The molecule has 50 valence electrons. The molecule has 0 aromatic heterocycles. The second-order valence-corrected chi connectivity index (χ2v) is 1.40. The summed E-state index contributed by atoms with van der Waals surface area (Å²) in [6.45, 7) is 4.66. The van der Waals surface area contributed by atoms with E-state index in [9.17, 15) is 8.78 Å². The maximum Gasteiger partial charge on any atom is 0.158 e. The van der Waals surface area contributed by atoms with Gasteiger partial charge in [0.1, 0.15) is 0 Å². The third-order valence-corrected chi connectivity index (χ3v) is 0.720. The number of hydrogen-bond acceptors (Lipinski definition) is 0. The minimum atomic E-state index is -0.923. The van der Waals surface area contributed by atoms with Gasteiger partial charge in [0.2, 0.25) is 0 Å². The normalized spacial score (nSPS) is 13.7. The van der Waals surface area contributed by atoms with Crippen molar-refractivity contribution in [1.82, 2.24) is 0 Å². The fourth-order valence-corrected chi connectivity index (χ4v) is 0.323. The molecule has 0 atom stereocenters. The Morgan fingerprint density at radius 2 is 1.89 bits per heavy atom.